The Balaban J connectivity index is 1.56. The number of carbonyl (C=O) groups is 1. The Bertz CT molecular complexity index is 1280. The van der Waals surface area contributed by atoms with Crippen molar-refractivity contribution >= 4 is 22.9 Å². The topological polar surface area (TPSA) is 82.9 Å². The predicted molar refractivity (Wildman–Crippen MR) is 148 cm³/mol. The van der Waals surface area contributed by atoms with Gasteiger partial charge in [-0.3, -0.25) is 9.78 Å². The summed E-state index contributed by atoms with van der Waals surface area (Å²) >= 11 is 0. The van der Waals surface area contributed by atoms with Gasteiger partial charge in [-0.15, -0.1) is 5.06 Å². The first-order valence-electron chi connectivity index (χ1n) is 13.4. The molecule has 202 valence electrons. The molecule has 1 saturated carbocycles. The van der Waals surface area contributed by atoms with E-state index in [0.717, 1.165) is 46.1 Å². The number of nitrogens with zero attached hydrogens (tertiary/aromatic N) is 2. The first kappa shape index (κ1) is 27.9. The largest absolute Gasteiger partial charge is 0.392 e. The Morgan fingerprint density at radius 1 is 1.08 bits per heavy atom. The number of halogens is 1. The number of aliphatic hydroxyl groups is 2. The van der Waals surface area contributed by atoms with Gasteiger partial charge >= 0.3 is 5.97 Å². The highest BCUT2D eigenvalue weighted by atomic mass is 19.1. The van der Waals surface area contributed by atoms with E-state index >= 15 is 0 Å². The number of aliphatic hydroxyl groups excluding tert-OH is 2. The number of rotatable bonds is 11. The normalized spacial score (nSPS) is 15.6. The predicted octanol–water partition coefficient (Wildman–Crippen LogP) is 6.01. The molecule has 0 spiro atoms. The molecular weight excluding hydrogens is 483 g/mol. The van der Waals surface area contributed by atoms with Crippen LogP contribution in [0.3, 0.4) is 0 Å². The number of benzene rings is 2. The molecule has 1 aliphatic rings. The van der Waals surface area contributed by atoms with Crippen LogP contribution in [0.5, 0.6) is 0 Å². The molecule has 4 rings (SSSR count). The van der Waals surface area contributed by atoms with Gasteiger partial charge in [0.05, 0.1) is 29.8 Å². The zero-order valence-corrected chi connectivity index (χ0v) is 22.5. The summed E-state index contributed by atoms with van der Waals surface area (Å²) in [4.78, 5) is 22.7. The summed E-state index contributed by atoms with van der Waals surface area (Å²) < 4.78 is 13.7. The lowest BCUT2D eigenvalue weighted by Crippen LogP contribution is -2.39. The Morgan fingerprint density at radius 3 is 2.37 bits per heavy atom. The summed E-state index contributed by atoms with van der Waals surface area (Å²) in [6.07, 6.45) is 3.30. The molecule has 6 nitrogen and oxygen atoms in total. The molecule has 0 bridgehead atoms. The molecule has 0 aliphatic heterocycles. The zero-order valence-electron chi connectivity index (χ0n) is 22.5. The molecular formula is C31H37FN2O4. The van der Waals surface area contributed by atoms with Crippen LogP contribution in [0.2, 0.25) is 0 Å². The van der Waals surface area contributed by atoms with Crippen LogP contribution in [0.15, 0.2) is 54.6 Å². The number of aromatic nitrogens is 1. The van der Waals surface area contributed by atoms with E-state index in [2.05, 4.69) is 0 Å². The summed E-state index contributed by atoms with van der Waals surface area (Å²) in [6.45, 7) is 7.71. The van der Waals surface area contributed by atoms with E-state index in [1.54, 1.807) is 23.3 Å². The zero-order chi connectivity index (χ0) is 27.4. The van der Waals surface area contributed by atoms with Crippen molar-refractivity contribution in [2.24, 2.45) is 0 Å². The van der Waals surface area contributed by atoms with Crippen molar-refractivity contribution < 1.29 is 24.2 Å². The minimum absolute atomic E-state index is 0.0103. The smallest absolute Gasteiger partial charge is 0.327 e. The molecule has 1 aromatic heterocycles. The lowest BCUT2D eigenvalue weighted by molar-refractivity contribution is -0.211. The first-order valence-corrected chi connectivity index (χ1v) is 13.4. The summed E-state index contributed by atoms with van der Waals surface area (Å²) in [5, 5.41) is 23.7. The van der Waals surface area contributed by atoms with Crippen LogP contribution < -0.4 is 0 Å². The molecule has 1 aliphatic carbocycles. The van der Waals surface area contributed by atoms with Gasteiger partial charge in [-0.2, -0.15) is 0 Å². The fourth-order valence-electron chi connectivity index (χ4n) is 4.81. The third-order valence-electron chi connectivity index (χ3n) is 6.68. The summed E-state index contributed by atoms with van der Waals surface area (Å²) in [6, 6.07) is 14.3. The molecule has 2 aromatic carbocycles. The Kier molecular flexibility index (Phi) is 8.92. The van der Waals surface area contributed by atoms with Crippen LogP contribution in [-0.4, -0.2) is 50.5 Å². The average molecular weight is 521 g/mol. The minimum Gasteiger partial charge on any atom is -0.392 e. The summed E-state index contributed by atoms with van der Waals surface area (Å²) in [5.41, 5.74) is 4.52. The van der Waals surface area contributed by atoms with Crippen LogP contribution >= 0.6 is 0 Å². The quantitative estimate of drug-likeness (QED) is 0.301. The van der Waals surface area contributed by atoms with Gasteiger partial charge in [-0.1, -0.05) is 42.5 Å². The third-order valence-corrected chi connectivity index (χ3v) is 6.68. The molecule has 38 heavy (non-hydrogen) atoms. The van der Waals surface area contributed by atoms with Crippen molar-refractivity contribution in [1.82, 2.24) is 10.0 Å². The maximum atomic E-state index is 13.7. The van der Waals surface area contributed by atoms with Gasteiger partial charge < -0.3 is 15.1 Å². The van der Waals surface area contributed by atoms with Gasteiger partial charge in [0, 0.05) is 40.9 Å². The van der Waals surface area contributed by atoms with E-state index in [0.29, 0.717) is 5.92 Å². The Labute approximate surface area is 223 Å². The fourth-order valence-corrected chi connectivity index (χ4v) is 4.81. The van der Waals surface area contributed by atoms with Crippen molar-refractivity contribution in [2.75, 3.05) is 0 Å². The third kappa shape index (κ3) is 6.84. The van der Waals surface area contributed by atoms with Crippen molar-refractivity contribution in [3.05, 3.63) is 71.7 Å². The molecule has 1 fully saturated rings. The maximum Gasteiger partial charge on any atom is 0.327 e. The van der Waals surface area contributed by atoms with Crippen molar-refractivity contribution in [3.8, 4) is 11.1 Å². The number of fused-ring (bicyclic) bond motifs is 1. The second-order valence-corrected chi connectivity index (χ2v) is 10.6. The molecule has 1 heterocycles. The Hall–Kier alpha value is -3.13. The number of carbonyl (C=O) groups excluding carboxylic acids is 1. The molecule has 0 unspecified atom stereocenters. The van der Waals surface area contributed by atoms with Crippen LogP contribution in [0, 0.1) is 5.82 Å². The Morgan fingerprint density at radius 2 is 1.74 bits per heavy atom. The van der Waals surface area contributed by atoms with E-state index in [1.165, 1.54) is 12.1 Å². The van der Waals surface area contributed by atoms with Crippen LogP contribution in [0.4, 0.5) is 4.39 Å². The SMILES string of the molecule is CC(C)N(OC(=O)C[C@H](O)C[C@H](O)/C=C/c1c(C2CC2)nc2ccccc2c1-c1ccc(F)cc1)C(C)C. The van der Waals surface area contributed by atoms with Gasteiger partial charge in [-0.25, -0.2) is 4.39 Å². The molecule has 0 saturated heterocycles. The monoisotopic (exact) mass is 520 g/mol. The van der Waals surface area contributed by atoms with E-state index in [1.807, 2.05) is 58.0 Å². The van der Waals surface area contributed by atoms with Crippen LogP contribution in [0.1, 0.15) is 70.6 Å². The van der Waals surface area contributed by atoms with Crippen molar-refractivity contribution in [1.29, 1.82) is 0 Å². The van der Waals surface area contributed by atoms with Gasteiger partial charge in [0.25, 0.3) is 0 Å². The lowest BCUT2D eigenvalue weighted by Gasteiger charge is -2.28. The maximum absolute atomic E-state index is 13.7. The number of para-hydroxylation sites is 1. The van der Waals surface area contributed by atoms with Crippen molar-refractivity contribution in [3.63, 3.8) is 0 Å². The van der Waals surface area contributed by atoms with E-state index in [-0.39, 0.29) is 30.7 Å². The molecule has 3 aromatic rings. The standard InChI is InChI=1S/C31H37FN2O4/c1-19(2)34(20(3)4)38-29(37)18-25(36)17-24(35)15-16-27-30(21-11-13-23(32)14-12-21)26-7-5-6-8-28(26)33-31(27)22-9-10-22/h5-8,11-16,19-20,22,24-25,35-36H,9-10,17-18H2,1-4H3/b16-15+/t24-,25-/m1/s1. The number of hydrogen-bond donors (Lipinski definition) is 2. The first-order chi connectivity index (χ1) is 18.1. The van der Waals surface area contributed by atoms with Gasteiger partial charge in [-0.05, 0) is 64.3 Å². The number of pyridine rings is 1. The number of hydrogen-bond acceptors (Lipinski definition) is 6. The molecule has 2 N–H and O–H groups in total. The van der Waals surface area contributed by atoms with E-state index in [9.17, 15) is 19.4 Å². The highest BCUT2D eigenvalue weighted by Crippen LogP contribution is 2.45. The average Bonchev–Trinajstić information content (AvgIpc) is 3.71. The number of hydroxylamine groups is 2. The highest BCUT2D eigenvalue weighted by Gasteiger charge is 2.30. The van der Waals surface area contributed by atoms with Crippen LogP contribution in [-0.2, 0) is 9.63 Å². The van der Waals surface area contributed by atoms with Gasteiger partial charge in [0.15, 0.2) is 0 Å². The second-order valence-electron chi connectivity index (χ2n) is 10.6. The summed E-state index contributed by atoms with van der Waals surface area (Å²) in [5.74, 6) is -0.510. The van der Waals surface area contributed by atoms with E-state index < -0.39 is 18.2 Å². The fraction of sp³-hybridized carbons (Fsp3) is 0.419. The molecule has 2 atom stereocenters. The molecule has 0 amide bonds. The van der Waals surface area contributed by atoms with Gasteiger partial charge in [0.2, 0.25) is 0 Å². The highest BCUT2D eigenvalue weighted by molar-refractivity contribution is 5.99. The minimum atomic E-state index is -1.06. The van der Waals surface area contributed by atoms with Crippen molar-refractivity contribution in [2.45, 2.75) is 83.6 Å². The van der Waals surface area contributed by atoms with Crippen LogP contribution in [0.25, 0.3) is 28.1 Å². The lowest BCUT2D eigenvalue weighted by atomic mass is 9.92. The molecule has 0 radical (unpaired) electrons. The second kappa shape index (κ2) is 12.2. The van der Waals surface area contributed by atoms with E-state index in [4.69, 9.17) is 9.82 Å². The van der Waals surface area contributed by atoms with Gasteiger partial charge in [0.1, 0.15) is 5.82 Å². The summed E-state index contributed by atoms with van der Waals surface area (Å²) in [7, 11) is 0. The molecule has 7 heteroatoms.